The molecule has 156 valence electrons. The molecule has 2 heterocycles. The third-order valence-corrected chi connectivity index (χ3v) is 6.38. The summed E-state index contributed by atoms with van der Waals surface area (Å²) in [5, 5.41) is 3.09. The molecule has 7 nitrogen and oxygen atoms in total. The molecule has 2 fully saturated rings. The predicted molar refractivity (Wildman–Crippen MR) is 109 cm³/mol. The van der Waals surface area contributed by atoms with Crippen LogP contribution in [0.5, 0.6) is 0 Å². The van der Waals surface area contributed by atoms with Crippen molar-refractivity contribution in [2.45, 2.75) is 58.0 Å². The number of hydrogen-bond acceptors (Lipinski definition) is 4. The average molecular weight is 399 g/mol. The number of fused-ring (bicyclic) bond motifs is 1. The van der Waals surface area contributed by atoms with E-state index in [-0.39, 0.29) is 30.0 Å². The second-order valence-electron chi connectivity index (χ2n) is 8.37. The van der Waals surface area contributed by atoms with Crippen LogP contribution in [0.2, 0.25) is 0 Å². The van der Waals surface area contributed by atoms with E-state index in [1.165, 1.54) is 0 Å². The van der Waals surface area contributed by atoms with Crippen LogP contribution in [0.15, 0.2) is 24.3 Å². The van der Waals surface area contributed by atoms with Gasteiger partial charge in [0.1, 0.15) is 5.41 Å². The quantitative estimate of drug-likeness (QED) is 0.789. The summed E-state index contributed by atoms with van der Waals surface area (Å²) in [4.78, 5) is 41.8. The SMILES string of the molecule is CCOC(=O)N1CCC(NC(=O)C2(C(=O)N3c4ccccc4CC3C)CC2)CC1. The number of ether oxygens (including phenoxy) is 1. The van der Waals surface area contributed by atoms with Crippen molar-refractivity contribution < 1.29 is 19.1 Å². The number of carbonyl (C=O) groups is 3. The van der Waals surface area contributed by atoms with E-state index < -0.39 is 5.41 Å². The van der Waals surface area contributed by atoms with Crippen molar-refractivity contribution in [3.05, 3.63) is 29.8 Å². The van der Waals surface area contributed by atoms with Crippen molar-refractivity contribution in [3.63, 3.8) is 0 Å². The smallest absolute Gasteiger partial charge is 0.409 e. The highest BCUT2D eigenvalue weighted by Crippen LogP contribution is 2.50. The Bertz CT molecular complexity index is 812. The Balaban J connectivity index is 1.38. The fourth-order valence-electron chi connectivity index (χ4n) is 4.51. The molecule has 3 amide bonds. The summed E-state index contributed by atoms with van der Waals surface area (Å²) in [5.74, 6) is -0.231. The van der Waals surface area contributed by atoms with Crippen LogP contribution in [0.4, 0.5) is 10.5 Å². The van der Waals surface area contributed by atoms with Crippen molar-refractivity contribution in [1.82, 2.24) is 10.2 Å². The van der Waals surface area contributed by atoms with Gasteiger partial charge in [0, 0.05) is 30.9 Å². The molecule has 3 aliphatic rings. The molecule has 4 rings (SSSR count). The van der Waals surface area contributed by atoms with E-state index >= 15 is 0 Å². The number of rotatable bonds is 4. The van der Waals surface area contributed by atoms with E-state index in [9.17, 15) is 14.4 Å². The summed E-state index contributed by atoms with van der Waals surface area (Å²) in [6.45, 7) is 5.30. The molecule has 1 aromatic carbocycles. The molecule has 7 heteroatoms. The van der Waals surface area contributed by atoms with Gasteiger partial charge in [0.25, 0.3) is 0 Å². The van der Waals surface area contributed by atoms with E-state index in [4.69, 9.17) is 4.74 Å². The van der Waals surface area contributed by atoms with Gasteiger partial charge in [-0.15, -0.1) is 0 Å². The monoisotopic (exact) mass is 399 g/mol. The fourth-order valence-corrected chi connectivity index (χ4v) is 4.51. The summed E-state index contributed by atoms with van der Waals surface area (Å²) >= 11 is 0. The van der Waals surface area contributed by atoms with Crippen LogP contribution in [0.3, 0.4) is 0 Å². The molecular formula is C22H29N3O4. The lowest BCUT2D eigenvalue weighted by Crippen LogP contribution is -2.52. The Kier molecular flexibility index (Phi) is 5.23. The first-order valence-electron chi connectivity index (χ1n) is 10.6. The highest BCUT2D eigenvalue weighted by atomic mass is 16.6. The number of benzene rings is 1. The third kappa shape index (κ3) is 3.58. The van der Waals surface area contributed by atoms with Crippen molar-refractivity contribution in [3.8, 4) is 0 Å². The van der Waals surface area contributed by atoms with Gasteiger partial charge in [0.2, 0.25) is 11.8 Å². The lowest BCUT2D eigenvalue weighted by molar-refractivity contribution is -0.136. The van der Waals surface area contributed by atoms with Gasteiger partial charge in [-0.05, 0) is 57.6 Å². The van der Waals surface area contributed by atoms with Gasteiger partial charge in [-0.2, -0.15) is 0 Å². The Labute approximate surface area is 171 Å². The Morgan fingerprint density at radius 1 is 1.17 bits per heavy atom. The third-order valence-electron chi connectivity index (χ3n) is 6.38. The molecule has 0 aromatic heterocycles. The number of para-hydroxylation sites is 1. The Morgan fingerprint density at radius 2 is 1.86 bits per heavy atom. The Morgan fingerprint density at radius 3 is 2.52 bits per heavy atom. The van der Waals surface area contributed by atoms with Crippen LogP contribution in [-0.4, -0.2) is 54.6 Å². The first-order chi connectivity index (χ1) is 14.0. The number of amides is 3. The number of hydrogen-bond donors (Lipinski definition) is 1. The highest BCUT2D eigenvalue weighted by Gasteiger charge is 2.59. The van der Waals surface area contributed by atoms with E-state index in [2.05, 4.69) is 11.4 Å². The molecule has 1 unspecified atom stereocenters. The van der Waals surface area contributed by atoms with Gasteiger partial charge in [-0.25, -0.2) is 4.79 Å². The molecule has 1 atom stereocenters. The molecule has 1 saturated heterocycles. The summed E-state index contributed by atoms with van der Waals surface area (Å²) < 4.78 is 5.04. The van der Waals surface area contributed by atoms with E-state index in [0.717, 1.165) is 17.7 Å². The fraction of sp³-hybridized carbons (Fsp3) is 0.591. The van der Waals surface area contributed by atoms with E-state index in [1.807, 2.05) is 30.0 Å². The second kappa shape index (κ2) is 7.69. The number of carbonyl (C=O) groups excluding carboxylic acids is 3. The normalized spacial score (nSPS) is 22.8. The van der Waals surface area contributed by atoms with Crippen LogP contribution < -0.4 is 10.2 Å². The maximum Gasteiger partial charge on any atom is 0.409 e. The molecular weight excluding hydrogens is 370 g/mol. The predicted octanol–water partition coefficient (Wildman–Crippen LogP) is 2.48. The molecule has 0 spiro atoms. The highest BCUT2D eigenvalue weighted by molar-refractivity contribution is 6.15. The lowest BCUT2D eigenvalue weighted by Gasteiger charge is -2.33. The van der Waals surface area contributed by atoms with Gasteiger partial charge >= 0.3 is 6.09 Å². The molecule has 1 saturated carbocycles. The standard InChI is InChI=1S/C22H29N3O4/c1-3-29-21(28)24-12-8-17(9-13-24)23-19(26)22(10-11-22)20(27)25-15(2)14-16-6-4-5-7-18(16)25/h4-7,15,17H,3,8-14H2,1-2H3,(H,23,26). The molecule has 1 aliphatic carbocycles. The minimum Gasteiger partial charge on any atom is -0.450 e. The molecule has 2 aliphatic heterocycles. The first kappa shape index (κ1) is 19.7. The zero-order chi connectivity index (χ0) is 20.6. The van der Waals surface area contributed by atoms with Gasteiger partial charge in [-0.1, -0.05) is 18.2 Å². The summed E-state index contributed by atoms with van der Waals surface area (Å²) in [6.07, 6.45) is 3.09. The van der Waals surface area contributed by atoms with Crippen molar-refractivity contribution >= 4 is 23.6 Å². The summed E-state index contributed by atoms with van der Waals surface area (Å²) in [7, 11) is 0. The maximum atomic E-state index is 13.4. The van der Waals surface area contributed by atoms with E-state index in [1.54, 1.807) is 11.8 Å². The maximum absolute atomic E-state index is 13.4. The van der Waals surface area contributed by atoms with Crippen LogP contribution >= 0.6 is 0 Å². The lowest BCUT2D eigenvalue weighted by atomic mass is 10.00. The van der Waals surface area contributed by atoms with Gasteiger partial charge in [-0.3, -0.25) is 9.59 Å². The van der Waals surface area contributed by atoms with Crippen LogP contribution in [-0.2, 0) is 20.7 Å². The largest absolute Gasteiger partial charge is 0.450 e. The zero-order valence-corrected chi connectivity index (χ0v) is 17.1. The topological polar surface area (TPSA) is 79.0 Å². The number of nitrogens with zero attached hydrogens (tertiary/aromatic N) is 2. The molecule has 1 N–H and O–H groups in total. The van der Waals surface area contributed by atoms with Crippen LogP contribution in [0.25, 0.3) is 0 Å². The summed E-state index contributed by atoms with van der Waals surface area (Å²) in [5.41, 5.74) is 1.17. The van der Waals surface area contributed by atoms with Crippen molar-refractivity contribution in [2.75, 3.05) is 24.6 Å². The second-order valence-corrected chi connectivity index (χ2v) is 8.37. The molecule has 0 bridgehead atoms. The average Bonchev–Trinajstić information content (AvgIpc) is 3.46. The van der Waals surface area contributed by atoms with Crippen molar-refractivity contribution in [1.29, 1.82) is 0 Å². The molecule has 1 aromatic rings. The number of likely N-dealkylation sites (tertiary alicyclic amines) is 1. The van der Waals surface area contributed by atoms with E-state index in [0.29, 0.717) is 45.4 Å². The van der Waals surface area contributed by atoms with Gasteiger partial charge in [0.05, 0.1) is 6.61 Å². The molecule has 0 radical (unpaired) electrons. The molecule has 29 heavy (non-hydrogen) atoms. The van der Waals surface area contributed by atoms with Gasteiger partial charge < -0.3 is 19.9 Å². The number of piperidine rings is 1. The van der Waals surface area contributed by atoms with Crippen LogP contribution in [0.1, 0.15) is 45.1 Å². The zero-order valence-electron chi connectivity index (χ0n) is 17.1. The number of nitrogens with one attached hydrogen (secondary N) is 1. The van der Waals surface area contributed by atoms with Crippen LogP contribution in [0, 0.1) is 5.41 Å². The Hall–Kier alpha value is -2.57. The first-order valence-corrected chi connectivity index (χ1v) is 10.6. The minimum atomic E-state index is -0.927. The minimum absolute atomic E-state index is 0.0123. The van der Waals surface area contributed by atoms with Gasteiger partial charge in [0.15, 0.2) is 0 Å². The number of anilines is 1. The summed E-state index contributed by atoms with van der Waals surface area (Å²) in [6, 6.07) is 8.00. The van der Waals surface area contributed by atoms with Crippen molar-refractivity contribution in [2.24, 2.45) is 5.41 Å².